The van der Waals surface area contributed by atoms with E-state index < -0.39 is 34.0 Å². The largest absolute Gasteiger partial charge is 0.479 e. The number of carboxylic acid groups (broad SMARTS) is 1. The van der Waals surface area contributed by atoms with Crippen LogP contribution in [0.3, 0.4) is 0 Å². The van der Waals surface area contributed by atoms with Gasteiger partial charge in [0.15, 0.2) is 6.10 Å². The van der Waals surface area contributed by atoms with Crippen LogP contribution in [0.5, 0.6) is 0 Å². The van der Waals surface area contributed by atoms with Crippen LogP contribution in [-0.4, -0.2) is 60.4 Å². The standard InChI is InChI=1S/C9H14FNO6S/c10-18(16,17)5-6-3-8(13)11(4-6)2-1-7(12)9(14)15/h6-7,12H,1-5H2,(H,14,15)/t6?,7-/m0/s1. The van der Waals surface area contributed by atoms with Gasteiger partial charge < -0.3 is 15.1 Å². The number of aliphatic hydroxyl groups excluding tert-OH is 1. The van der Waals surface area contributed by atoms with Crippen LogP contribution in [0.2, 0.25) is 0 Å². The summed E-state index contributed by atoms with van der Waals surface area (Å²) in [5.74, 6) is -3.07. The Labute approximate surface area is 103 Å². The molecule has 1 amide bonds. The Morgan fingerprint density at radius 3 is 2.67 bits per heavy atom. The van der Waals surface area contributed by atoms with Gasteiger partial charge in [-0.05, 0) is 0 Å². The van der Waals surface area contributed by atoms with E-state index in [1.807, 2.05) is 0 Å². The van der Waals surface area contributed by atoms with Crippen molar-refractivity contribution in [2.75, 3.05) is 18.8 Å². The maximum Gasteiger partial charge on any atom is 0.332 e. The van der Waals surface area contributed by atoms with Gasteiger partial charge >= 0.3 is 16.2 Å². The number of nitrogens with zero attached hydrogens (tertiary/aromatic N) is 1. The fourth-order valence-corrected chi connectivity index (χ4v) is 2.65. The average Bonchev–Trinajstić information content (AvgIpc) is 2.52. The summed E-state index contributed by atoms with van der Waals surface area (Å²) in [6, 6.07) is 0. The number of carbonyl (C=O) groups excluding carboxylic acids is 1. The second kappa shape index (κ2) is 5.61. The SMILES string of the molecule is O=C(O)[C@@H](O)CCN1CC(CS(=O)(=O)F)CC1=O. The van der Waals surface area contributed by atoms with Crippen LogP contribution in [-0.2, 0) is 19.8 Å². The molecule has 9 heteroatoms. The van der Waals surface area contributed by atoms with Crippen molar-refractivity contribution in [2.45, 2.75) is 18.9 Å². The fraction of sp³-hybridized carbons (Fsp3) is 0.778. The first kappa shape index (κ1) is 14.8. The molecule has 18 heavy (non-hydrogen) atoms. The molecule has 1 heterocycles. The van der Waals surface area contributed by atoms with Crippen molar-refractivity contribution >= 4 is 22.1 Å². The van der Waals surface area contributed by atoms with Crippen molar-refractivity contribution < 1.29 is 32.1 Å². The first-order valence-corrected chi connectivity index (χ1v) is 6.85. The van der Waals surface area contributed by atoms with Gasteiger partial charge in [-0.25, -0.2) is 4.79 Å². The van der Waals surface area contributed by atoms with E-state index in [4.69, 9.17) is 10.2 Å². The highest BCUT2D eigenvalue weighted by Gasteiger charge is 2.33. The molecule has 0 aliphatic carbocycles. The second-order valence-electron chi connectivity index (χ2n) is 4.26. The number of halogens is 1. The van der Waals surface area contributed by atoms with Crippen LogP contribution in [0.4, 0.5) is 3.89 Å². The summed E-state index contributed by atoms with van der Waals surface area (Å²) in [5, 5.41) is 17.5. The average molecular weight is 283 g/mol. The summed E-state index contributed by atoms with van der Waals surface area (Å²) in [6.45, 7) is 0.0729. The molecule has 1 aliphatic heterocycles. The number of carboxylic acids is 1. The zero-order chi connectivity index (χ0) is 13.9. The predicted molar refractivity (Wildman–Crippen MR) is 57.8 cm³/mol. The molecule has 2 atom stereocenters. The van der Waals surface area contributed by atoms with Gasteiger partial charge in [0, 0.05) is 31.8 Å². The van der Waals surface area contributed by atoms with Gasteiger partial charge in [-0.2, -0.15) is 8.42 Å². The monoisotopic (exact) mass is 283 g/mol. The molecule has 1 saturated heterocycles. The lowest BCUT2D eigenvalue weighted by Crippen LogP contribution is -2.31. The Balaban J connectivity index is 2.45. The maximum atomic E-state index is 12.4. The molecule has 104 valence electrons. The van der Waals surface area contributed by atoms with Gasteiger partial charge in [0.05, 0.1) is 5.75 Å². The number of likely N-dealkylation sites (tertiary alicyclic amines) is 1. The number of aliphatic hydroxyl groups is 1. The molecule has 1 fully saturated rings. The van der Waals surface area contributed by atoms with Crippen molar-refractivity contribution in [1.82, 2.24) is 4.90 Å². The van der Waals surface area contributed by atoms with E-state index in [1.165, 1.54) is 4.90 Å². The number of carbonyl (C=O) groups is 2. The van der Waals surface area contributed by atoms with Crippen LogP contribution in [0, 0.1) is 5.92 Å². The van der Waals surface area contributed by atoms with Crippen LogP contribution in [0.25, 0.3) is 0 Å². The quantitative estimate of drug-likeness (QED) is 0.603. The summed E-state index contributed by atoms with van der Waals surface area (Å²) in [7, 11) is -4.62. The number of rotatable bonds is 6. The third-order valence-electron chi connectivity index (χ3n) is 2.69. The van der Waals surface area contributed by atoms with E-state index in [0.717, 1.165) is 0 Å². The summed E-state index contributed by atoms with van der Waals surface area (Å²) in [6.07, 6.45) is -1.79. The van der Waals surface area contributed by atoms with Gasteiger partial charge in [0.1, 0.15) is 0 Å². The molecule has 1 rings (SSSR count). The van der Waals surface area contributed by atoms with Crippen molar-refractivity contribution in [1.29, 1.82) is 0 Å². The first-order chi connectivity index (χ1) is 8.19. The molecule has 0 aromatic carbocycles. The second-order valence-corrected chi connectivity index (χ2v) is 5.67. The summed E-state index contributed by atoms with van der Waals surface area (Å²) >= 11 is 0. The molecule has 2 N–H and O–H groups in total. The van der Waals surface area contributed by atoms with Gasteiger partial charge in [0.2, 0.25) is 5.91 Å². The number of aliphatic carboxylic acids is 1. The summed E-state index contributed by atoms with van der Waals surface area (Å²) in [4.78, 5) is 23.0. The van der Waals surface area contributed by atoms with Gasteiger partial charge in [-0.1, -0.05) is 0 Å². The predicted octanol–water partition coefficient (Wildman–Crippen LogP) is -1.03. The lowest BCUT2D eigenvalue weighted by Gasteiger charge is -2.17. The van der Waals surface area contributed by atoms with E-state index in [0.29, 0.717) is 0 Å². The summed E-state index contributed by atoms with van der Waals surface area (Å²) in [5.41, 5.74) is 0. The van der Waals surface area contributed by atoms with Crippen molar-refractivity contribution in [2.24, 2.45) is 5.92 Å². The minimum atomic E-state index is -4.62. The highest BCUT2D eigenvalue weighted by Crippen LogP contribution is 2.20. The molecule has 7 nitrogen and oxygen atoms in total. The number of hydrogen-bond donors (Lipinski definition) is 2. The fourth-order valence-electron chi connectivity index (χ4n) is 1.86. The minimum absolute atomic E-state index is 0.00906. The normalized spacial score (nSPS) is 22.2. The van der Waals surface area contributed by atoms with Crippen LogP contribution >= 0.6 is 0 Å². The molecule has 0 aromatic heterocycles. The van der Waals surface area contributed by atoms with Gasteiger partial charge in [-0.15, -0.1) is 3.89 Å². The third kappa shape index (κ3) is 4.57. The zero-order valence-corrected chi connectivity index (χ0v) is 10.3. The van der Waals surface area contributed by atoms with Crippen LogP contribution < -0.4 is 0 Å². The highest BCUT2D eigenvalue weighted by molar-refractivity contribution is 7.86. The van der Waals surface area contributed by atoms with Crippen LogP contribution in [0.15, 0.2) is 0 Å². The maximum absolute atomic E-state index is 12.4. The minimum Gasteiger partial charge on any atom is -0.479 e. The highest BCUT2D eigenvalue weighted by atomic mass is 32.3. The molecule has 0 bridgehead atoms. The van der Waals surface area contributed by atoms with E-state index in [9.17, 15) is 21.9 Å². The molecule has 1 aliphatic rings. The van der Waals surface area contributed by atoms with Gasteiger partial charge in [-0.3, -0.25) is 4.79 Å². The Morgan fingerprint density at radius 1 is 1.56 bits per heavy atom. The Bertz CT molecular complexity index is 436. The molecule has 0 spiro atoms. The molecule has 0 saturated carbocycles. The van der Waals surface area contributed by atoms with Crippen LogP contribution in [0.1, 0.15) is 12.8 Å². The molecule has 0 aromatic rings. The number of hydrogen-bond acceptors (Lipinski definition) is 5. The van der Waals surface area contributed by atoms with Gasteiger partial charge in [0.25, 0.3) is 0 Å². The Hall–Kier alpha value is -1.22. The Morgan fingerprint density at radius 2 is 2.17 bits per heavy atom. The van der Waals surface area contributed by atoms with Crippen molar-refractivity contribution in [3.05, 3.63) is 0 Å². The molecule has 1 unspecified atom stereocenters. The van der Waals surface area contributed by atoms with Crippen molar-refractivity contribution in [3.63, 3.8) is 0 Å². The third-order valence-corrected chi connectivity index (χ3v) is 3.56. The topological polar surface area (TPSA) is 112 Å². The van der Waals surface area contributed by atoms with E-state index in [1.54, 1.807) is 0 Å². The first-order valence-electron chi connectivity index (χ1n) is 5.30. The zero-order valence-electron chi connectivity index (χ0n) is 9.45. The molecule has 0 radical (unpaired) electrons. The number of amides is 1. The lowest BCUT2D eigenvalue weighted by molar-refractivity contribution is -0.147. The smallest absolute Gasteiger partial charge is 0.332 e. The van der Waals surface area contributed by atoms with Crippen molar-refractivity contribution in [3.8, 4) is 0 Å². The van der Waals surface area contributed by atoms with E-state index in [2.05, 4.69) is 0 Å². The van der Waals surface area contributed by atoms with E-state index in [-0.39, 0.29) is 31.8 Å². The molecular weight excluding hydrogens is 269 g/mol. The Kier molecular flexibility index (Phi) is 4.63. The lowest BCUT2D eigenvalue weighted by atomic mass is 10.1. The molecular formula is C9H14FNO6S. The summed E-state index contributed by atoms with van der Waals surface area (Å²) < 4.78 is 33.3. The van der Waals surface area contributed by atoms with E-state index >= 15 is 0 Å².